The lowest BCUT2D eigenvalue weighted by Gasteiger charge is -2.35. The highest BCUT2D eigenvalue weighted by Crippen LogP contribution is 2.32. The molecule has 5 nitrogen and oxygen atoms in total. The van der Waals surface area contributed by atoms with E-state index in [-0.39, 0.29) is 18.1 Å². The number of rotatable bonds is 2. The summed E-state index contributed by atoms with van der Waals surface area (Å²) in [6.45, 7) is 3.67. The molecule has 24 heavy (non-hydrogen) atoms. The number of carbonyl (C=O) groups is 1. The van der Waals surface area contributed by atoms with Crippen LogP contribution in [-0.2, 0) is 11.2 Å². The maximum Gasteiger partial charge on any atom is 0.318 e. The van der Waals surface area contributed by atoms with E-state index in [2.05, 4.69) is 28.5 Å². The van der Waals surface area contributed by atoms with E-state index >= 15 is 0 Å². The molecule has 2 atom stereocenters. The second kappa shape index (κ2) is 6.53. The van der Waals surface area contributed by atoms with Gasteiger partial charge in [0.25, 0.3) is 0 Å². The Kier molecular flexibility index (Phi) is 4.24. The number of urea groups is 1. The minimum Gasteiger partial charge on any atom is -0.377 e. The zero-order valence-corrected chi connectivity index (χ0v) is 14.5. The molecule has 126 valence electrons. The van der Waals surface area contributed by atoms with Crippen LogP contribution in [0.15, 0.2) is 29.6 Å². The Morgan fingerprint density at radius 3 is 3.12 bits per heavy atom. The van der Waals surface area contributed by atoms with Crippen LogP contribution in [0.3, 0.4) is 0 Å². The number of thiazole rings is 1. The van der Waals surface area contributed by atoms with Gasteiger partial charge in [0, 0.05) is 17.6 Å². The molecule has 1 aromatic heterocycles. The molecular weight excluding hydrogens is 322 g/mol. The maximum absolute atomic E-state index is 12.9. The maximum atomic E-state index is 12.9. The van der Waals surface area contributed by atoms with Gasteiger partial charge in [-0.05, 0) is 30.9 Å². The van der Waals surface area contributed by atoms with Gasteiger partial charge in [-0.25, -0.2) is 9.78 Å². The third-order valence-corrected chi connectivity index (χ3v) is 5.81. The van der Waals surface area contributed by atoms with Gasteiger partial charge in [0.05, 0.1) is 19.3 Å². The SMILES string of the molecule is Cc1csc([C@@H]2COCCN2C(=O)N[C@@H]2CCc3ccccc32)n1. The predicted molar refractivity (Wildman–Crippen MR) is 93.2 cm³/mol. The quantitative estimate of drug-likeness (QED) is 0.911. The summed E-state index contributed by atoms with van der Waals surface area (Å²) in [4.78, 5) is 19.3. The van der Waals surface area contributed by atoms with E-state index in [4.69, 9.17) is 4.74 Å². The molecule has 0 bridgehead atoms. The van der Waals surface area contributed by atoms with Crippen LogP contribution in [0, 0.1) is 6.92 Å². The molecule has 0 unspecified atom stereocenters. The van der Waals surface area contributed by atoms with Crippen LogP contribution in [-0.4, -0.2) is 35.7 Å². The molecule has 2 heterocycles. The van der Waals surface area contributed by atoms with Gasteiger partial charge in [0.2, 0.25) is 0 Å². The summed E-state index contributed by atoms with van der Waals surface area (Å²) in [5.41, 5.74) is 3.59. The van der Waals surface area contributed by atoms with Crippen molar-refractivity contribution >= 4 is 17.4 Å². The van der Waals surface area contributed by atoms with E-state index in [1.807, 2.05) is 23.3 Å². The lowest BCUT2D eigenvalue weighted by atomic mass is 10.1. The highest BCUT2D eigenvalue weighted by molar-refractivity contribution is 7.09. The van der Waals surface area contributed by atoms with Crippen LogP contribution in [0.4, 0.5) is 4.79 Å². The van der Waals surface area contributed by atoms with Gasteiger partial charge in [0.15, 0.2) is 0 Å². The van der Waals surface area contributed by atoms with Crippen LogP contribution >= 0.6 is 11.3 Å². The summed E-state index contributed by atoms with van der Waals surface area (Å²) in [6, 6.07) is 8.37. The van der Waals surface area contributed by atoms with Gasteiger partial charge >= 0.3 is 6.03 Å². The molecule has 4 rings (SSSR count). The van der Waals surface area contributed by atoms with Crippen molar-refractivity contribution in [3.8, 4) is 0 Å². The van der Waals surface area contributed by atoms with Crippen molar-refractivity contribution in [2.24, 2.45) is 0 Å². The van der Waals surface area contributed by atoms with Crippen molar-refractivity contribution in [1.82, 2.24) is 15.2 Å². The molecule has 1 saturated heterocycles. The van der Waals surface area contributed by atoms with E-state index in [0.717, 1.165) is 23.5 Å². The molecule has 0 spiro atoms. The Morgan fingerprint density at radius 1 is 1.42 bits per heavy atom. The van der Waals surface area contributed by atoms with E-state index < -0.39 is 0 Å². The van der Waals surface area contributed by atoms with Crippen LogP contribution in [0.25, 0.3) is 0 Å². The Morgan fingerprint density at radius 2 is 2.29 bits per heavy atom. The third-order valence-electron chi connectivity index (χ3n) is 4.74. The number of aryl methyl sites for hydroxylation is 2. The van der Waals surface area contributed by atoms with Gasteiger partial charge in [0.1, 0.15) is 11.0 Å². The van der Waals surface area contributed by atoms with E-state index in [9.17, 15) is 4.79 Å². The summed E-state index contributed by atoms with van der Waals surface area (Å²) in [7, 11) is 0. The fraction of sp³-hybridized carbons (Fsp3) is 0.444. The molecule has 1 N–H and O–H groups in total. The fourth-order valence-corrected chi connectivity index (χ4v) is 4.41. The molecule has 2 amide bonds. The summed E-state index contributed by atoms with van der Waals surface area (Å²) in [5.74, 6) is 0. The summed E-state index contributed by atoms with van der Waals surface area (Å²) in [5, 5.41) is 6.19. The molecular formula is C18H21N3O2S. The first kappa shape index (κ1) is 15.6. The molecule has 1 aliphatic heterocycles. The van der Waals surface area contributed by atoms with Crippen LogP contribution in [0.5, 0.6) is 0 Å². The zero-order valence-electron chi connectivity index (χ0n) is 13.7. The second-order valence-corrected chi connectivity index (χ2v) is 7.24. The Balaban J connectivity index is 1.50. The minimum absolute atomic E-state index is 0.0159. The van der Waals surface area contributed by atoms with Crippen molar-refractivity contribution in [2.75, 3.05) is 19.8 Å². The first-order chi connectivity index (χ1) is 11.7. The normalized spacial score (nSPS) is 23.1. The largest absolute Gasteiger partial charge is 0.377 e. The lowest BCUT2D eigenvalue weighted by molar-refractivity contribution is 0.0109. The van der Waals surface area contributed by atoms with Crippen molar-refractivity contribution in [2.45, 2.75) is 31.8 Å². The van der Waals surface area contributed by atoms with Crippen molar-refractivity contribution in [3.05, 3.63) is 51.5 Å². The number of ether oxygens (including phenoxy) is 1. The van der Waals surface area contributed by atoms with Crippen molar-refractivity contribution < 1.29 is 9.53 Å². The Hall–Kier alpha value is -1.92. The molecule has 1 aromatic carbocycles. The smallest absolute Gasteiger partial charge is 0.318 e. The molecule has 0 radical (unpaired) electrons. The number of nitrogens with one attached hydrogen (secondary N) is 1. The number of benzene rings is 1. The van der Waals surface area contributed by atoms with Crippen molar-refractivity contribution in [1.29, 1.82) is 0 Å². The zero-order chi connectivity index (χ0) is 16.5. The number of hydrogen-bond acceptors (Lipinski definition) is 4. The average molecular weight is 343 g/mol. The molecule has 2 aromatic rings. The molecule has 6 heteroatoms. The first-order valence-corrected chi connectivity index (χ1v) is 9.25. The first-order valence-electron chi connectivity index (χ1n) is 8.37. The van der Waals surface area contributed by atoms with Gasteiger partial charge in [-0.15, -0.1) is 11.3 Å². The minimum atomic E-state index is -0.0888. The van der Waals surface area contributed by atoms with Crippen LogP contribution in [0.2, 0.25) is 0 Å². The highest BCUT2D eigenvalue weighted by atomic mass is 32.1. The van der Waals surface area contributed by atoms with Gasteiger partial charge in [-0.2, -0.15) is 0 Å². The third kappa shape index (κ3) is 2.91. The van der Waals surface area contributed by atoms with E-state index in [1.54, 1.807) is 11.3 Å². The molecule has 1 aliphatic carbocycles. The van der Waals surface area contributed by atoms with Gasteiger partial charge in [-0.3, -0.25) is 0 Å². The topological polar surface area (TPSA) is 54.5 Å². The number of fused-ring (bicyclic) bond motifs is 1. The van der Waals surface area contributed by atoms with Gasteiger partial charge in [-0.1, -0.05) is 24.3 Å². The number of hydrogen-bond donors (Lipinski definition) is 1. The number of carbonyl (C=O) groups excluding carboxylic acids is 1. The fourth-order valence-electron chi connectivity index (χ4n) is 3.52. The summed E-state index contributed by atoms with van der Waals surface area (Å²) >= 11 is 1.60. The molecule has 1 fully saturated rings. The predicted octanol–water partition coefficient (Wildman–Crippen LogP) is 3.22. The number of amides is 2. The van der Waals surface area contributed by atoms with E-state index in [1.165, 1.54) is 11.1 Å². The van der Waals surface area contributed by atoms with E-state index in [0.29, 0.717) is 19.8 Å². The number of morpholine rings is 1. The van der Waals surface area contributed by atoms with Gasteiger partial charge < -0.3 is 15.0 Å². The number of nitrogens with zero attached hydrogens (tertiary/aromatic N) is 2. The summed E-state index contributed by atoms with van der Waals surface area (Å²) < 4.78 is 5.60. The standard InChI is InChI=1S/C18H21N3O2S/c1-12-11-24-17(19-12)16-10-23-9-8-21(16)18(22)20-15-7-6-13-4-2-3-5-14(13)15/h2-5,11,15-16H,6-10H2,1H3,(H,20,22)/t15-,16+/m1/s1. The summed E-state index contributed by atoms with van der Waals surface area (Å²) in [6.07, 6.45) is 2.00. The Labute approximate surface area is 145 Å². The Bertz CT molecular complexity index is 745. The second-order valence-electron chi connectivity index (χ2n) is 6.35. The lowest BCUT2D eigenvalue weighted by Crippen LogP contribution is -2.48. The highest BCUT2D eigenvalue weighted by Gasteiger charge is 2.33. The number of aromatic nitrogens is 1. The average Bonchev–Trinajstić information content (AvgIpc) is 3.22. The molecule has 2 aliphatic rings. The molecule has 0 saturated carbocycles. The van der Waals surface area contributed by atoms with Crippen LogP contribution < -0.4 is 5.32 Å². The van der Waals surface area contributed by atoms with Crippen LogP contribution in [0.1, 0.15) is 40.3 Å². The monoisotopic (exact) mass is 343 g/mol. The van der Waals surface area contributed by atoms with Crippen molar-refractivity contribution in [3.63, 3.8) is 0 Å².